The lowest BCUT2D eigenvalue weighted by molar-refractivity contribution is -0.139. The number of hydrogen-bond donors (Lipinski definition) is 0. The van der Waals surface area contributed by atoms with Gasteiger partial charge in [-0.05, 0) is 56.8 Å². The molecule has 0 N–H and O–H groups in total. The summed E-state index contributed by atoms with van der Waals surface area (Å²) >= 11 is 0. The van der Waals surface area contributed by atoms with E-state index in [1.165, 1.54) is 5.56 Å². The van der Waals surface area contributed by atoms with Gasteiger partial charge in [0.15, 0.2) is 23.4 Å². The van der Waals surface area contributed by atoms with E-state index in [9.17, 15) is 9.59 Å². The van der Waals surface area contributed by atoms with Crippen LogP contribution in [0.4, 0.5) is 0 Å². The fraction of sp³-hybridized carbons (Fsp3) is 0.636. The average molecular weight is 383 g/mol. The van der Waals surface area contributed by atoms with Crippen molar-refractivity contribution >= 4 is 11.8 Å². The van der Waals surface area contributed by atoms with Gasteiger partial charge in [-0.3, -0.25) is 9.59 Å². The Morgan fingerprint density at radius 2 is 2.21 bits per heavy atom. The lowest BCUT2D eigenvalue weighted by Crippen LogP contribution is -2.65. The summed E-state index contributed by atoms with van der Waals surface area (Å²) in [7, 11) is 2.20. The van der Waals surface area contributed by atoms with E-state index in [-0.39, 0.29) is 23.1 Å². The van der Waals surface area contributed by atoms with Crippen molar-refractivity contribution in [1.82, 2.24) is 4.90 Å². The van der Waals surface area contributed by atoms with Crippen LogP contribution in [0.5, 0.6) is 11.5 Å². The molecule has 5 aliphatic rings. The zero-order valence-electron chi connectivity index (χ0n) is 16.1. The predicted octanol–water partition coefficient (Wildman–Crippen LogP) is 1.87. The molecule has 1 saturated carbocycles. The fourth-order valence-corrected chi connectivity index (χ4v) is 6.50. The van der Waals surface area contributed by atoms with Gasteiger partial charge in [0.2, 0.25) is 0 Å². The minimum Gasteiger partial charge on any atom is -0.477 e. The summed E-state index contributed by atoms with van der Waals surface area (Å²) in [6, 6.07) is 4.40. The van der Waals surface area contributed by atoms with E-state index in [2.05, 4.69) is 18.0 Å². The molecule has 0 radical (unpaired) electrons. The van der Waals surface area contributed by atoms with E-state index < -0.39 is 6.10 Å². The third kappa shape index (κ3) is 2.05. The van der Waals surface area contributed by atoms with Crippen molar-refractivity contribution in [3.8, 4) is 11.5 Å². The van der Waals surface area contributed by atoms with Crippen molar-refractivity contribution in [2.75, 3.05) is 26.8 Å². The minimum atomic E-state index is -0.425. The average Bonchev–Trinajstić information content (AvgIpc) is 3.33. The van der Waals surface area contributed by atoms with Crippen LogP contribution in [0.25, 0.3) is 0 Å². The molecular weight excluding hydrogens is 358 g/mol. The number of rotatable bonds is 2. The van der Waals surface area contributed by atoms with Gasteiger partial charge in [0.1, 0.15) is 0 Å². The van der Waals surface area contributed by atoms with Gasteiger partial charge in [0.25, 0.3) is 0 Å². The predicted molar refractivity (Wildman–Crippen MR) is 99.6 cm³/mol. The highest BCUT2D eigenvalue weighted by atomic mass is 16.6. The molecule has 2 aliphatic carbocycles. The summed E-state index contributed by atoms with van der Waals surface area (Å²) < 4.78 is 17.5. The number of carbonyl (C=O) groups excluding carboxylic acids is 2. The van der Waals surface area contributed by atoms with Crippen molar-refractivity contribution in [2.45, 2.75) is 49.7 Å². The van der Waals surface area contributed by atoms with Crippen LogP contribution in [0, 0.1) is 11.8 Å². The Bertz CT molecular complexity index is 876. The number of likely N-dealkylation sites (tertiary alicyclic amines) is 1. The van der Waals surface area contributed by atoms with Gasteiger partial charge in [0, 0.05) is 30.0 Å². The van der Waals surface area contributed by atoms with E-state index in [0.29, 0.717) is 49.5 Å². The first-order valence-corrected chi connectivity index (χ1v) is 10.4. The van der Waals surface area contributed by atoms with Gasteiger partial charge in [-0.2, -0.15) is 0 Å². The molecule has 2 saturated heterocycles. The maximum absolute atomic E-state index is 12.9. The van der Waals surface area contributed by atoms with Crippen molar-refractivity contribution < 1.29 is 23.8 Å². The number of ketones is 1. The molecule has 148 valence electrons. The number of ether oxygens (including phenoxy) is 3. The second kappa shape index (κ2) is 5.80. The number of likely N-dealkylation sites (N-methyl/N-ethyl adjacent to an activating group) is 1. The summed E-state index contributed by atoms with van der Waals surface area (Å²) in [6.07, 6.45) is 3.68. The number of hydrogen-bond acceptors (Lipinski definition) is 6. The second-order valence-corrected chi connectivity index (χ2v) is 9.06. The number of carbonyl (C=O) groups is 2. The maximum Gasteiger partial charge on any atom is 0.316 e. The Balaban J connectivity index is 1.46. The Morgan fingerprint density at radius 3 is 3.04 bits per heavy atom. The molecule has 2 bridgehead atoms. The number of piperidine rings is 1. The normalized spacial score (nSPS) is 38.1. The Morgan fingerprint density at radius 1 is 1.32 bits per heavy atom. The summed E-state index contributed by atoms with van der Waals surface area (Å²) in [5.41, 5.74) is 2.17. The first-order valence-electron chi connectivity index (χ1n) is 10.4. The Kier molecular flexibility index (Phi) is 3.52. The third-order valence-electron chi connectivity index (χ3n) is 7.84. The maximum atomic E-state index is 12.9. The van der Waals surface area contributed by atoms with E-state index in [4.69, 9.17) is 14.2 Å². The molecule has 1 aromatic rings. The van der Waals surface area contributed by atoms with Gasteiger partial charge in [-0.25, -0.2) is 0 Å². The monoisotopic (exact) mass is 383 g/mol. The lowest BCUT2D eigenvalue weighted by Gasteiger charge is -2.57. The van der Waals surface area contributed by atoms with E-state index in [0.717, 1.165) is 31.4 Å². The summed E-state index contributed by atoms with van der Waals surface area (Å²) in [5.74, 6) is 1.28. The van der Waals surface area contributed by atoms with E-state index in [1.807, 2.05) is 6.07 Å². The first-order chi connectivity index (χ1) is 13.6. The van der Waals surface area contributed by atoms with Gasteiger partial charge >= 0.3 is 5.97 Å². The van der Waals surface area contributed by atoms with Gasteiger partial charge in [-0.15, -0.1) is 0 Å². The molecule has 0 amide bonds. The van der Waals surface area contributed by atoms with Crippen LogP contribution in [0.1, 0.15) is 36.8 Å². The SMILES string of the molecule is CN1CC[C@]23c4c5ccc(OC(=O)C6CCOC6)c4O[C@H]2C(=O)CCC3[C@H]1C5. The molecule has 3 fully saturated rings. The number of benzene rings is 1. The highest BCUT2D eigenvalue weighted by Gasteiger charge is 2.65. The van der Waals surface area contributed by atoms with Crippen LogP contribution in [0.2, 0.25) is 0 Å². The number of Topliss-reactive ketones (excluding diaryl/α,β-unsaturated/α-hetero) is 1. The quantitative estimate of drug-likeness (QED) is 0.574. The molecule has 3 heterocycles. The fourth-order valence-electron chi connectivity index (χ4n) is 6.50. The summed E-state index contributed by atoms with van der Waals surface area (Å²) in [6.45, 7) is 1.99. The molecular formula is C22H25NO5. The molecule has 6 rings (SSSR count). The zero-order valence-corrected chi connectivity index (χ0v) is 16.1. The highest BCUT2D eigenvalue weighted by molar-refractivity contribution is 5.89. The molecule has 3 aliphatic heterocycles. The van der Waals surface area contributed by atoms with Crippen molar-refractivity contribution in [2.24, 2.45) is 11.8 Å². The minimum absolute atomic E-state index is 0.199. The molecule has 28 heavy (non-hydrogen) atoms. The van der Waals surface area contributed by atoms with Crippen LogP contribution in [-0.4, -0.2) is 55.6 Å². The molecule has 1 aromatic carbocycles. The van der Waals surface area contributed by atoms with Gasteiger partial charge in [0.05, 0.1) is 12.5 Å². The topological polar surface area (TPSA) is 65.1 Å². The van der Waals surface area contributed by atoms with E-state index >= 15 is 0 Å². The van der Waals surface area contributed by atoms with Crippen LogP contribution in [0.3, 0.4) is 0 Å². The standard InChI is InChI=1S/C22H25NO5/c1-23-8-7-22-14-3-4-16(24)20(22)28-19-17(27-21(25)13-6-9-26-11-13)5-2-12(18(19)22)10-15(14)23/h2,5,13-15,20H,3-4,6-11H2,1H3/t13?,14?,15-,20+,22+/m1/s1. The molecule has 2 unspecified atom stereocenters. The summed E-state index contributed by atoms with van der Waals surface area (Å²) in [5, 5.41) is 0. The second-order valence-electron chi connectivity index (χ2n) is 9.06. The van der Waals surface area contributed by atoms with Crippen molar-refractivity contribution in [3.63, 3.8) is 0 Å². The smallest absolute Gasteiger partial charge is 0.316 e. The first kappa shape index (κ1) is 17.0. The number of esters is 1. The molecule has 6 heteroatoms. The Hall–Kier alpha value is -1.92. The van der Waals surface area contributed by atoms with Crippen LogP contribution < -0.4 is 9.47 Å². The van der Waals surface area contributed by atoms with Crippen LogP contribution in [0.15, 0.2) is 12.1 Å². The lowest BCUT2D eigenvalue weighted by atomic mass is 9.52. The molecule has 0 aromatic heterocycles. The highest BCUT2D eigenvalue weighted by Crippen LogP contribution is 2.63. The van der Waals surface area contributed by atoms with Crippen molar-refractivity contribution in [1.29, 1.82) is 0 Å². The van der Waals surface area contributed by atoms with Crippen LogP contribution in [-0.2, 0) is 26.2 Å². The van der Waals surface area contributed by atoms with Gasteiger partial charge in [-0.1, -0.05) is 6.07 Å². The molecule has 1 spiro atoms. The molecule has 5 atom stereocenters. The van der Waals surface area contributed by atoms with Crippen molar-refractivity contribution in [3.05, 3.63) is 23.3 Å². The third-order valence-corrected chi connectivity index (χ3v) is 7.84. The zero-order chi connectivity index (χ0) is 19.0. The van der Waals surface area contributed by atoms with E-state index in [1.54, 1.807) is 0 Å². The Labute approximate surface area is 164 Å². The summed E-state index contributed by atoms with van der Waals surface area (Å²) in [4.78, 5) is 27.9. The number of nitrogens with zero attached hydrogens (tertiary/aromatic N) is 1. The van der Waals surface area contributed by atoms with Gasteiger partial charge < -0.3 is 19.1 Å². The van der Waals surface area contributed by atoms with Crippen LogP contribution >= 0.6 is 0 Å². The largest absolute Gasteiger partial charge is 0.477 e. The molecule has 6 nitrogen and oxygen atoms in total.